The van der Waals surface area contributed by atoms with Crippen molar-refractivity contribution in [2.24, 2.45) is 13.0 Å². The van der Waals surface area contributed by atoms with Crippen LogP contribution < -0.4 is 0 Å². The third-order valence-electron chi connectivity index (χ3n) is 3.29. The van der Waals surface area contributed by atoms with Crippen molar-refractivity contribution >= 4 is 10.9 Å². The van der Waals surface area contributed by atoms with Gasteiger partial charge in [0.1, 0.15) is 0 Å². The van der Waals surface area contributed by atoms with E-state index in [9.17, 15) is 5.11 Å². The molecular formula is C13H18N2O. The molecule has 0 aliphatic heterocycles. The number of nitrogens with zero attached hydrogens (tertiary/aromatic N) is 2. The zero-order chi connectivity index (χ0) is 11.7. The number of aliphatic hydroxyl groups excluding tert-OH is 1. The summed E-state index contributed by atoms with van der Waals surface area (Å²) in [5, 5.41) is 15.4. The SMILES string of the molecule is CC[C@@H](C)C(O)c1ccc2c(cnn2C)c1. The Balaban J connectivity index is 2.39. The zero-order valence-corrected chi connectivity index (χ0v) is 10.0. The maximum atomic E-state index is 10.1. The largest absolute Gasteiger partial charge is 0.388 e. The van der Waals surface area contributed by atoms with Gasteiger partial charge in [-0.1, -0.05) is 26.3 Å². The third kappa shape index (κ3) is 1.83. The van der Waals surface area contributed by atoms with E-state index in [1.807, 2.05) is 36.1 Å². The van der Waals surface area contributed by atoms with E-state index in [4.69, 9.17) is 0 Å². The Morgan fingerprint density at radius 2 is 2.19 bits per heavy atom. The van der Waals surface area contributed by atoms with Crippen LogP contribution in [-0.2, 0) is 7.05 Å². The Kier molecular flexibility index (Phi) is 2.97. The Bertz CT molecular complexity index is 490. The first-order chi connectivity index (χ1) is 7.63. The second-order valence-electron chi connectivity index (χ2n) is 4.42. The second-order valence-corrected chi connectivity index (χ2v) is 4.42. The van der Waals surface area contributed by atoms with E-state index in [0.29, 0.717) is 0 Å². The fourth-order valence-corrected chi connectivity index (χ4v) is 1.92. The van der Waals surface area contributed by atoms with Gasteiger partial charge in [0.15, 0.2) is 0 Å². The van der Waals surface area contributed by atoms with Crippen LogP contribution in [0.25, 0.3) is 10.9 Å². The first-order valence-corrected chi connectivity index (χ1v) is 5.73. The summed E-state index contributed by atoms with van der Waals surface area (Å²) in [4.78, 5) is 0. The van der Waals surface area contributed by atoms with Crippen LogP contribution in [0.15, 0.2) is 24.4 Å². The number of hydrogen-bond acceptors (Lipinski definition) is 2. The number of aryl methyl sites for hydroxylation is 1. The van der Waals surface area contributed by atoms with Crippen molar-refractivity contribution in [3.63, 3.8) is 0 Å². The molecule has 0 saturated carbocycles. The quantitative estimate of drug-likeness (QED) is 0.860. The minimum atomic E-state index is -0.380. The highest BCUT2D eigenvalue weighted by atomic mass is 16.3. The van der Waals surface area contributed by atoms with E-state index >= 15 is 0 Å². The zero-order valence-electron chi connectivity index (χ0n) is 10.0. The van der Waals surface area contributed by atoms with E-state index in [1.54, 1.807) is 0 Å². The summed E-state index contributed by atoms with van der Waals surface area (Å²) in [6.45, 7) is 4.16. The summed E-state index contributed by atoms with van der Waals surface area (Å²) in [5.74, 6) is 0.286. The third-order valence-corrected chi connectivity index (χ3v) is 3.29. The van der Waals surface area contributed by atoms with E-state index < -0.39 is 0 Å². The summed E-state index contributed by atoms with van der Waals surface area (Å²) in [7, 11) is 1.92. The molecule has 0 saturated heterocycles. The first kappa shape index (κ1) is 11.1. The van der Waals surface area contributed by atoms with Gasteiger partial charge in [0, 0.05) is 12.4 Å². The molecule has 1 heterocycles. The maximum absolute atomic E-state index is 10.1. The molecule has 3 nitrogen and oxygen atoms in total. The van der Waals surface area contributed by atoms with Gasteiger partial charge >= 0.3 is 0 Å². The lowest BCUT2D eigenvalue weighted by molar-refractivity contribution is 0.115. The van der Waals surface area contributed by atoms with E-state index in [0.717, 1.165) is 22.9 Å². The molecule has 0 fully saturated rings. The van der Waals surface area contributed by atoms with E-state index in [-0.39, 0.29) is 12.0 Å². The predicted octanol–water partition coefficient (Wildman–Crippen LogP) is 2.65. The highest BCUT2D eigenvalue weighted by Crippen LogP contribution is 2.26. The molecule has 0 amide bonds. The van der Waals surface area contributed by atoms with Crippen LogP contribution >= 0.6 is 0 Å². The molecule has 0 aliphatic carbocycles. The molecule has 1 N–H and O–H groups in total. The molecular weight excluding hydrogens is 200 g/mol. The van der Waals surface area contributed by atoms with Crippen LogP contribution in [0, 0.1) is 5.92 Å². The van der Waals surface area contributed by atoms with Gasteiger partial charge in [-0.15, -0.1) is 0 Å². The number of rotatable bonds is 3. The van der Waals surface area contributed by atoms with Crippen molar-refractivity contribution in [3.05, 3.63) is 30.0 Å². The van der Waals surface area contributed by atoms with Crippen molar-refractivity contribution in [1.29, 1.82) is 0 Å². The first-order valence-electron chi connectivity index (χ1n) is 5.73. The number of aliphatic hydroxyl groups is 1. The summed E-state index contributed by atoms with van der Waals surface area (Å²) < 4.78 is 1.84. The van der Waals surface area contributed by atoms with Crippen LogP contribution in [0.3, 0.4) is 0 Å². The molecule has 2 rings (SSSR count). The Labute approximate surface area is 95.7 Å². The van der Waals surface area contributed by atoms with Crippen LogP contribution in [0.5, 0.6) is 0 Å². The van der Waals surface area contributed by atoms with Gasteiger partial charge in [-0.3, -0.25) is 4.68 Å². The minimum absolute atomic E-state index is 0.286. The molecule has 86 valence electrons. The summed E-state index contributed by atoms with van der Waals surface area (Å²) in [6, 6.07) is 6.03. The molecule has 16 heavy (non-hydrogen) atoms. The molecule has 2 aromatic rings. The summed E-state index contributed by atoms with van der Waals surface area (Å²) >= 11 is 0. The lowest BCUT2D eigenvalue weighted by Gasteiger charge is -2.17. The van der Waals surface area contributed by atoms with Crippen LogP contribution in [0.1, 0.15) is 31.9 Å². The van der Waals surface area contributed by atoms with E-state index in [1.165, 1.54) is 0 Å². The van der Waals surface area contributed by atoms with Gasteiger partial charge in [-0.05, 0) is 23.6 Å². The van der Waals surface area contributed by atoms with Crippen LogP contribution in [-0.4, -0.2) is 14.9 Å². The normalized spacial score (nSPS) is 15.2. The monoisotopic (exact) mass is 218 g/mol. The molecule has 3 heteroatoms. The number of fused-ring (bicyclic) bond motifs is 1. The molecule has 1 aromatic heterocycles. The van der Waals surface area contributed by atoms with Gasteiger partial charge in [0.25, 0.3) is 0 Å². The lowest BCUT2D eigenvalue weighted by Crippen LogP contribution is -2.07. The number of hydrogen-bond donors (Lipinski definition) is 1. The molecule has 2 atom stereocenters. The number of aromatic nitrogens is 2. The molecule has 1 unspecified atom stereocenters. The molecule has 0 aliphatic rings. The van der Waals surface area contributed by atoms with Crippen LogP contribution in [0.4, 0.5) is 0 Å². The van der Waals surface area contributed by atoms with Crippen LogP contribution in [0.2, 0.25) is 0 Å². The fourth-order valence-electron chi connectivity index (χ4n) is 1.92. The van der Waals surface area contributed by atoms with Crippen molar-refractivity contribution in [2.75, 3.05) is 0 Å². The average Bonchev–Trinajstić information content (AvgIpc) is 2.68. The van der Waals surface area contributed by atoms with Crippen molar-refractivity contribution in [1.82, 2.24) is 9.78 Å². The average molecular weight is 218 g/mol. The van der Waals surface area contributed by atoms with Gasteiger partial charge in [-0.2, -0.15) is 5.10 Å². The molecule has 0 radical (unpaired) electrons. The summed E-state index contributed by atoms with van der Waals surface area (Å²) in [5.41, 5.74) is 2.08. The lowest BCUT2D eigenvalue weighted by atomic mass is 9.95. The Hall–Kier alpha value is -1.35. The van der Waals surface area contributed by atoms with Gasteiger partial charge < -0.3 is 5.11 Å². The molecule has 0 bridgehead atoms. The van der Waals surface area contributed by atoms with Gasteiger partial charge in [-0.25, -0.2) is 0 Å². The minimum Gasteiger partial charge on any atom is -0.388 e. The van der Waals surface area contributed by atoms with Crippen molar-refractivity contribution in [2.45, 2.75) is 26.4 Å². The smallest absolute Gasteiger partial charge is 0.0815 e. The highest BCUT2D eigenvalue weighted by Gasteiger charge is 2.15. The van der Waals surface area contributed by atoms with E-state index in [2.05, 4.69) is 18.9 Å². The number of benzene rings is 1. The highest BCUT2D eigenvalue weighted by molar-refractivity contribution is 5.79. The second kappa shape index (κ2) is 4.26. The Morgan fingerprint density at radius 1 is 1.44 bits per heavy atom. The predicted molar refractivity (Wildman–Crippen MR) is 65.1 cm³/mol. The van der Waals surface area contributed by atoms with Gasteiger partial charge in [0.2, 0.25) is 0 Å². The fraction of sp³-hybridized carbons (Fsp3) is 0.462. The Morgan fingerprint density at radius 3 is 2.88 bits per heavy atom. The summed E-state index contributed by atoms with van der Waals surface area (Å²) in [6.07, 6.45) is 2.43. The van der Waals surface area contributed by atoms with Crippen molar-refractivity contribution in [3.8, 4) is 0 Å². The standard InChI is InChI=1S/C13H18N2O/c1-4-9(2)13(16)10-5-6-12-11(7-10)8-14-15(12)3/h5-9,13,16H,4H2,1-3H3/t9-,13?/m1/s1. The van der Waals surface area contributed by atoms with Gasteiger partial charge in [0.05, 0.1) is 17.8 Å². The molecule has 1 aromatic carbocycles. The topological polar surface area (TPSA) is 38.1 Å². The maximum Gasteiger partial charge on any atom is 0.0815 e. The van der Waals surface area contributed by atoms with Crippen molar-refractivity contribution < 1.29 is 5.11 Å². The molecule has 0 spiro atoms.